The smallest absolute Gasteiger partial charge is 0.198 e. The SMILES string of the molecule is CCCCCc1ccc(Nc2cc3sc4ccccc4c3cc2-c2cc(-c3ccccc3)c3c4ccc5ccccc5c4n4c3c2Bc2cc(C(C)(C)C)ccc2-4)cc1. The van der Waals surface area contributed by atoms with Crippen LogP contribution in [0.1, 0.15) is 58.1 Å². The zero-order chi connectivity index (χ0) is 39.8. The van der Waals surface area contributed by atoms with Gasteiger partial charge in [-0.25, -0.2) is 0 Å². The number of hydrogen-bond donors (Lipinski definition) is 1. The van der Waals surface area contributed by atoms with Gasteiger partial charge in [0.05, 0.1) is 5.52 Å². The van der Waals surface area contributed by atoms with Crippen molar-refractivity contribution in [2.75, 3.05) is 5.32 Å². The van der Waals surface area contributed by atoms with Gasteiger partial charge in [-0.15, -0.1) is 11.3 Å². The number of hydrogen-bond acceptors (Lipinski definition) is 2. The second kappa shape index (κ2) is 14.0. The second-order valence-electron chi connectivity index (χ2n) is 17.6. The van der Waals surface area contributed by atoms with Crippen LogP contribution in [0.4, 0.5) is 11.4 Å². The fourth-order valence-electron chi connectivity index (χ4n) is 9.73. The molecule has 1 aliphatic heterocycles. The van der Waals surface area contributed by atoms with Crippen molar-refractivity contribution < 1.29 is 0 Å². The van der Waals surface area contributed by atoms with Crippen molar-refractivity contribution in [2.45, 2.75) is 58.8 Å². The molecule has 2 nitrogen and oxygen atoms in total. The van der Waals surface area contributed by atoms with E-state index in [0.29, 0.717) is 0 Å². The molecular formula is C55H47BN2S. The first kappa shape index (κ1) is 36.0. The van der Waals surface area contributed by atoms with Crippen LogP contribution < -0.4 is 16.2 Å². The van der Waals surface area contributed by atoms with E-state index in [4.69, 9.17) is 0 Å². The molecule has 0 bridgehead atoms. The summed E-state index contributed by atoms with van der Waals surface area (Å²) >= 11 is 1.88. The van der Waals surface area contributed by atoms with E-state index < -0.39 is 0 Å². The molecule has 0 radical (unpaired) electrons. The molecule has 0 saturated heterocycles. The Kier molecular flexibility index (Phi) is 8.57. The zero-order valence-electron chi connectivity index (χ0n) is 34.3. The van der Waals surface area contributed by atoms with Crippen molar-refractivity contribution in [1.82, 2.24) is 4.57 Å². The number of anilines is 2. The monoisotopic (exact) mass is 778 g/mol. The summed E-state index contributed by atoms with van der Waals surface area (Å²) in [4.78, 5) is 0. The van der Waals surface area contributed by atoms with E-state index in [1.165, 1.54) is 122 Å². The lowest BCUT2D eigenvalue weighted by Gasteiger charge is -2.27. The van der Waals surface area contributed by atoms with Gasteiger partial charge in [0.1, 0.15) is 0 Å². The molecule has 0 unspecified atom stereocenters. The molecule has 10 aromatic rings. The molecule has 59 heavy (non-hydrogen) atoms. The number of unbranched alkanes of at least 4 members (excludes halogenated alkanes) is 2. The molecule has 1 aliphatic rings. The summed E-state index contributed by atoms with van der Waals surface area (Å²) in [5.41, 5.74) is 16.7. The molecule has 0 amide bonds. The zero-order valence-corrected chi connectivity index (χ0v) is 35.1. The van der Waals surface area contributed by atoms with Gasteiger partial charge in [-0.3, -0.25) is 0 Å². The molecule has 0 aliphatic carbocycles. The van der Waals surface area contributed by atoms with Crippen LogP contribution in [0.15, 0.2) is 152 Å². The lowest BCUT2D eigenvalue weighted by Crippen LogP contribution is -2.38. The molecule has 3 heterocycles. The summed E-state index contributed by atoms with van der Waals surface area (Å²) in [5.74, 6) is 0. The number of benzene rings is 8. The number of aromatic nitrogens is 1. The van der Waals surface area contributed by atoms with Crippen molar-refractivity contribution in [3.63, 3.8) is 0 Å². The summed E-state index contributed by atoms with van der Waals surface area (Å²) in [5, 5.41) is 11.8. The van der Waals surface area contributed by atoms with Crippen LogP contribution in [-0.2, 0) is 11.8 Å². The predicted molar refractivity (Wildman–Crippen MR) is 260 cm³/mol. The topological polar surface area (TPSA) is 17.0 Å². The van der Waals surface area contributed by atoms with E-state index in [1.807, 2.05) is 11.3 Å². The minimum Gasteiger partial charge on any atom is -0.355 e. The molecule has 8 aromatic carbocycles. The number of rotatable bonds is 8. The number of aryl methyl sites for hydroxylation is 1. The highest BCUT2D eigenvalue weighted by Crippen LogP contribution is 2.47. The third kappa shape index (κ3) is 5.99. The summed E-state index contributed by atoms with van der Waals surface area (Å²) < 4.78 is 5.25. The molecule has 1 N–H and O–H groups in total. The van der Waals surface area contributed by atoms with Crippen molar-refractivity contribution in [3.8, 4) is 27.9 Å². The van der Waals surface area contributed by atoms with E-state index in [1.54, 1.807) is 0 Å². The average Bonchev–Trinajstić information content (AvgIpc) is 3.81. The number of nitrogens with zero attached hydrogens (tertiary/aromatic N) is 1. The maximum Gasteiger partial charge on any atom is 0.198 e. The molecule has 0 fully saturated rings. The van der Waals surface area contributed by atoms with E-state index in [-0.39, 0.29) is 5.41 Å². The van der Waals surface area contributed by atoms with Gasteiger partial charge < -0.3 is 9.88 Å². The maximum absolute atomic E-state index is 3.99. The summed E-state index contributed by atoms with van der Waals surface area (Å²) in [7, 11) is 0.850. The molecule has 2 aromatic heterocycles. The lowest BCUT2D eigenvalue weighted by atomic mass is 9.58. The molecule has 0 atom stereocenters. The van der Waals surface area contributed by atoms with Crippen LogP contribution in [0.3, 0.4) is 0 Å². The lowest BCUT2D eigenvalue weighted by molar-refractivity contribution is 0.590. The predicted octanol–water partition coefficient (Wildman–Crippen LogP) is 14.1. The van der Waals surface area contributed by atoms with Gasteiger partial charge in [0.2, 0.25) is 0 Å². The Balaban J connectivity index is 1.25. The molecule has 286 valence electrons. The van der Waals surface area contributed by atoms with Gasteiger partial charge in [0.25, 0.3) is 0 Å². The molecular weight excluding hydrogens is 731 g/mol. The fraction of sp³-hybridized carbons (Fsp3) is 0.164. The Labute approximate surface area is 351 Å². The highest BCUT2D eigenvalue weighted by molar-refractivity contribution is 7.25. The molecule has 11 rings (SSSR count). The third-order valence-electron chi connectivity index (χ3n) is 12.8. The van der Waals surface area contributed by atoms with Crippen LogP contribution in [0.5, 0.6) is 0 Å². The van der Waals surface area contributed by atoms with Crippen molar-refractivity contribution in [1.29, 1.82) is 0 Å². The van der Waals surface area contributed by atoms with Gasteiger partial charge >= 0.3 is 0 Å². The molecule has 4 heteroatoms. The van der Waals surface area contributed by atoms with Crippen LogP contribution in [0.25, 0.3) is 80.7 Å². The minimum atomic E-state index is 0.0315. The Morgan fingerprint density at radius 2 is 1.39 bits per heavy atom. The Morgan fingerprint density at radius 3 is 2.20 bits per heavy atom. The van der Waals surface area contributed by atoms with Gasteiger partial charge in [-0.2, -0.15) is 0 Å². The third-order valence-corrected chi connectivity index (χ3v) is 13.9. The number of thiophene rings is 1. The van der Waals surface area contributed by atoms with Crippen molar-refractivity contribution in [2.24, 2.45) is 0 Å². The average molecular weight is 779 g/mol. The highest BCUT2D eigenvalue weighted by Gasteiger charge is 2.31. The summed E-state index contributed by atoms with van der Waals surface area (Å²) in [6.45, 7) is 9.26. The van der Waals surface area contributed by atoms with Crippen LogP contribution in [0, 0.1) is 0 Å². The first-order valence-corrected chi connectivity index (χ1v) is 22.2. The van der Waals surface area contributed by atoms with E-state index in [2.05, 4.69) is 189 Å². The van der Waals surface area contributed by atoms with E-state index in [9.17, 15) is 0 Å². The van der Waals surface area contributed by atoms with Gasteiger partial charge in [0, 0.05) is 64.5 Å². The molecule has 0 saturated carbocycles. The van der Waals surface area contributed by atoms with Crippen molar-refractivity contribution in [3.05, 3.63) is 163 Å². The van der Waals surface area contributed by atoms with Crippen LogP contribution in [-0.4, -0.2) is 11.8 Å². The summed E-state index contributed by atoms with van der Waals surface area (Å²) in [6.07, 6.45) is 4.87. The van der Waals surface area contributed by atoms with E-state index >= 15 is 0 Å². The van der Waals surface area contributed by atoms with Crippen molar-refractivity contribution >= 4 is 93.7 Å². The maximum atomic E-state index is 3.99. The number of fused-ring (bicyclic) bond motifs is 10. The normalized spacial score (nSPS) is 12.5. The summed E-state index contributed by atoms with van der Waals surface area (Å²) in [6, 6.07) is 57.4. The van der Waals surface area contributed by atoms with Crippen LogP contribution >= 0.6 is 11.3 Å². The quantitative estimate of drug-likeness (QED) is 0.120. The number of nitrogens with one attached hydrogen (secondary N) is 1. The van der Waals surface area contributed by atoms with E-state index in [0.717, 1.165) is 25.1 Å². The van der Waals surface area contributed by atoms with Gasteiger partial charge in [0.15, 0.2) is 7.28 Å². The fourth-order valence-corrected chi connectivity index (χ4v) is 10.9. The Morgan fingerprint density at radius 1 is 0.610 bits per heavy atom. The highest BCUT2D eigenvalue weighted by atomic mass is 32.1. The van der Waals surface area contributed by atoms with Crippen LogP contribution in [0.2, 0.25) is 0 Å². The second-order valence-corrected chi connectivity index (χ2v) is 18.7. The minimum absolute atomic E-state index is 0.0315. The van der Waals surface area contributed by atoms with Gasteiger partial charge in [-0.05, 0) is 99.4 Å². The first-order valence-electron chi connectivity index (χ1n) is 21.4. The molecule has 0 spiro atoms. The Hall–Kier alpha value is -6.10. The van der Waals surface area contributed by atoms with Gasteiger partial charge in [-0.1, -0.05) is 155 Å². The largest absolute Gasteiger partial charge is 0.355 e. The first-order chi connectivity index (χ1) is 28.8. The standard InChI is InChI=1S/C55H47BN2S/c1-5-6-8-15-34-22-26-38(27-23-34)57-47-33-50-44(40-20-13-14-21-49(40)59-50)32-43(47)45-31-42(35-16-9-7-10-17-35)51-41-28-24-36-18-11-12-19-39(36)53(41)58-48-29-25-37(55(2,3)4)30-46(48)56-52(45)54(51)58/h7,9-14,16-33,56-57H,5-6,8,15H2,1-4H3. The Bertz CT molecular complexity index is 3250.